The van der Waals surface area contributed by atoms with E-state index in [0.717, 1.165) is 13.1 Å². The Labute approximate surface area is 148 Å². The summed E-state index contributed by atoms with van der Waals surface area (Å²) in [6.45, 7) is 1.17. The standard InChI is InChI=1S/C14H11F7N2O3S/c1-7-11(5-8-3-9(13(16,17)18)6-10(15)4-8)22-23(2)12(7)26-27(24,25)14(19,20)21/h3-4,6H,5H2,1-2H3. The average molecular weight is 420 g/mol. The van der Waals surface area contributed by atoms with E-state index in [9.17, 15) is 39.2 Å². The lowest BCUT2D eigenvalue weighted by molar-refractivity contribution is -0.137. The molecular weight excluding hydrogens is 409 g/mol. The number of benzene rings is 1. The highest BCUT2D eigenvalue weighted by molar-refractivity contribution is 7.87. The highest BCUT2D eigenvalue weighted by atomic mass is 32.2. The van der Waals surface area contributed by atoms with Crippen molar-refractivity contribution in [3.63, 3.8) is 0 Å². The lowest BCUT2D eigenvalue weighted by Gasteiger charge is -2.10. The Morgan fingerprint density at radius 1 is 1.11 bits per heavy atom. The molecule has 0 unspecified atom stereocenters. The highest BCUT2D eigenvalue weighted by Crippen LogP contribution is 2.33. The van der Waals surface area contributed by atoms with Crippen LogP contribution in [-0.4, -0.2) is 23.7 Å². The summed E-state index contributed by atoms with van der Waals surface area (Å²) in [4.78, 5) is 0. The Hall–Kier alpha value is -2.31. The molecule has 0 aliphatic heterocycles. The van der Waals surface area contributed by atoms with Crippen LogP contribution in [0, 0.1) is 12.7 Å². The van der Waals surface area contributed by atoms with Crippen molar-refractivity contribution < 1.29 is 43.3 Å². The molecule has 5 nitrogen and oxygen atoms in total. The van der Waals surface area contributed by atoms with Crippen LogP contribution in [0.3, 0.4) is 0 Å². The van der Waals surface area contributed by atoms with Gasteiger partial charge in [0.2, 0.25) is 5.88 Å². The third-order valence-electron chi connectivity index (χ3n) is 3.45. The minimum absolute atomic E-state index is 0.0800. The Morgan fingerprint density at radius 2 is 1.70 bits per heavy atom. The van der Waals surface area contributed by atoms with E-state index in [1.165, 1.54) is 6.92 Å². The van der Waals surface area contributed by atoms with Gasteiger partial charge in [0.1, 0.15) is 5.82 Å². The highest BCUT2D eigenvalue weighted by Gasteiger charge is 2.49. The molecule has 0 aliphatic rings. The monoisotopic (exact) mass is 420 g/mol. The number of alkyl halides is 6. The van der Waals surface area contributed by atoms with Crippen molar-refractivity contribution in [1.82, 2.24) is 9.78 Å². The first-order valence-corrected chi connectivity index (χ1v) is 8.42. The summed E-state index contributed by atoms with van der Waals surface area (Å²) in [5, 5.41) is 3.75. The normalized spacial score (nSPS) is 13.1. The minimum Gasteiger partial charge on any atom is -0.355 e. The molecule has 2 rings (SSSR count). The van der Waals surface area contributed by atoms with E-state index in [-0.39, 0.29) is 16.8 Å². The Bertz CT molecular complexity index is 962. The summed E-state index contributed by atoms with van der Waals surface area (Å²) in [6.07, 6.45) is -5.19. The summed E-state index contributed by atoms with van der Waals surface area (Å²) >= 11 is 0. The van der Waals surface area contributed by atoms with Crippen molar-refractivity contribution in [2.24, 2.45) is 7.05 Å². The molecule has 0 fully saturated rings. The number of hydrogen-bond acceptors (Lipinski definition) is 4. The van der Waals surface area contributed by atoms with E-state index in [1.807, 2.05) is 0 Å². The lowest BCUT2D eigenvalue weighted by Crippen LogP contribution is -2.29. The van der Waals surface area contributed by atoms with Crippen LogP contribution < -0.4 is 4.18 Å². The maximum Gasteiger partial charge on any atom is 0.534 e. The minimum atomic E-state index is -5.96. The molecule has 1 aromatic heterocycles. The molecular formula is C14H11F7N2O3S. The van der Waals surface area contributed by atoms with Gasteiger partial charge in [-0.15, -0.1) is 0 Å². The van der Waals surface area contributed by atoms with Crippen LogP contribution in [0.4, 0.5) is 30.7 Å². The zero-order valence-corrected chi connectivity index (χ0v) is 14.4. The van der Waals surface area contributed by atoms with Gasteiger partial charge in [0.25, 0.3) is 0 Å². The fraction of sp³-hybridized carbons (Fsp3) is 0.357. The number of rotatable bonds is 4. The van der Waals surface area contributed by atoms with Crippen LogP contribution in [0.15, 0.2) is 18.2 Å². The van der Waals surface area contributed by atoms with Crippen molar-refractivity contribution in [2.45, 2.75) is 25.0 Å². The fourth-order valence-corrected chi connectivity index (χ4v) is 2.75. The van der Waals surface area contributed by atoms with Crippen LogP contribution in [0.5, 0.6) is 5.88 Å². The molecule has 0 spiro atoms. The van der Waals surface area contributed by atoms with Crippen LogP contribution in [-0.2, 0) is 29.8 Å². The van der Waals surface area contributed by atoms with Gasteiger partial charge in [0.05, 0.1) is 11.3 Å². The van der Waals surface area contributed by atoms with Crippen molar-refractivity contribution >= 4 is 10.1 Å². The van der Waals surface area contributed by atoms with Crippen LogP contribution in [0.2, 0.25) is 0 Å². The summed E-state index contributed by atoms with van der Waals surface area (Å²) < 4.78 is 116. The molecule has 0 saturated heterocycles. The number of hydrogen-bond donors (Lipinski definition) is 0. The van der Waals surface area contributed by atoms with Gasteiger partial charge in [-0.05, 0) is 30.7 Å². The summed E-state index contributed by atoms with van der Waals surface area (Å²) in [5.74, 6) is -1.92. The van der Waals surface area contributed by atoms with Gasteiger partial charge in [-0.3, -0.25) is 0 Å². The van der Waals surface area contributed by atoms with Crippen molar-refractivity contribution in [3.05, 3.63) is 46.4 Å². The quantitative estimate of drug-likeness (QED) is 0.430. The van der Waals surface area contributed by atoms with E-state index in [0.29, 0.717) is 16.8 Å². The second kappa shape index (κ2) is 6.69. The van der Waals surface area contributed by atoms with Crippen LogP contribution in [0.1, 0.15) is 22.4 Å². The molecule has 2 aromatic rings. The van der Waals surface area contributed by atoms with Gasteiger partial charge in [-0.1, -0.05) is 0 Å². The summed E-state index contributed by atoms with van der Waals surface area (Å²) in [6, 6.07) is 1.75. The Kier molecular flexibility index (Phi) is 5.20. The zero-order valence-electron chi connectivity index (χ0n) is 13.6. The smallest absolute Gasteiger partial charge is 0.355 e. The molecule has 0 aliphatic carbocycles. The molecule has 0 saturated carbocycles. The van der Waals surface area contributed by atoms with Crippen LogP contribution in [0.25, 0.3) is 0 Å². The predicted octanol–water partition coefficient (Wildman–Crippen LogP) is 3.71. The topological polar surface area (TPSA) is 61.2 Å². The van der Waals surface area contributed by atoms with Crippen molar-refractivity contribution in [2.75, 3.05) is 0 Å². The second-order valence-electron chi connectivity index (χ2n) is 5.51. The second-order valence-corrected chi connectivity index (χ2v) is 7.04. The van der Waals surface area contributed by atoms with E-state index in [4.69, 9.17) is 0 Å². The SMILES string of the molecule is Cc1c(Cc2cc(F)cc(C(F)(F)F)c2)nn(C)c1OS(=O)(=O)C(F)(F)F. The van der Waals surface area contributed by atoms with E-state index in [1.54, 1.807) is 0 Å². The maximum absolute atomic E-state index is 13.4. The fourth-order valence-electron chi connectivity index (χ4n) is 2.21. The first-order valence-electron chi connectivity index (χ1n) is 7.01. The van der Waals surface area contributed by atoms with Crippen molar-refractivity contribution in [1.29, 1.82) is 0 Å². The average Bonchev–Trinajstić information content (AvgIpc) is 2.72. The Balaban J connectivity index is 2.39. The largest absolute Gasteiger partial charge is 0.534 e. The third-order valence-corrected chi connectivity index (χ3v) is 4.39. The molecule has 1 aromatic carbocycles. The number of nitrogens with zero attached hydrogens (tertiary/aromatic N) is 2. The molecule has 27 heavy (non-hydrogen) atoms. The molecule has 0 amide bonds. The van der Waals surface area contributed by atoms with Gasteiger partial charge >= 0.3 is 21.8 Å². The molecule has 1 heterocycles. The van der Waals surface area contributed by atoms with E-state index in [2.05, 4.69) is 9.28 Å². The summed E-state index contributed by atoms with van der Waals surface area (Å²) in [7, 11) is -4.87. The Morgan fingerprint density at radius 3 is 2.22 bits per heavy atom. The number of aromatic nitrogens is 2. The zero-order chi connectivity index (χ0) is 20.8. The van der Waals surface area contributed by atoms with Gasteiger partial charge in [0, 0.05) is 19.0 Å². The molecule has 0 bridgehead atoms. The maximum atomic E-state index is 13.4. The molecule has 13 heteroatoms. The number of aryl methyl sites for hydroxylation is 1. The van der Waals surface area contributed by atoms with Gasteiger partial charge in [-0.25, -0.2) is 9.07 Å². The van der Waals surface area contributed by atoms with E-state index < -0.39 is 45.5 Å². The molecule has 0 N–H and O–H groups in total. The predicted molar refractivity (Wildman–Crippen MR) is 77.8 cm³/mol. The van der Waals surface area contributed by atoms with Gasteiger partial charge < -0.3 is 4.18 Å². The number of halogens is 7. The molecule has 0 atom stereocenters. The summed E-state index contributed by atoms with van der Waals surface area (Å²) in [5.41, 5.74) is -7.31. The van der Waals surface area contributed by atoms with Gasteiger partial charge in [-0.2, -0.15) is 39.9 Å². The first kappa shape index (κ1) is 21.0. The third kappa shape index (κ3) is 4.51. The van der Waals surface area contributed by atoms with Gasteiger partial charge in [0.15, 0.2) is 0 Å². The van der Waals surface area contributed by atoms with Crippen LogP contribution >= 0.6 is 0 Å². The van der Waals surface area contributed by atoms with Crippen molar-refractivity contribution in [3.8, 4) is 5.88 Å². The molecule has 0 radical (unpaired) electrons. The lowest BCUT2D eigenvalue weighted by atomic mass is 10.0. The van der Waals surface area contributed by atoms with E-state index >= 15 is 0 Å². The first-order chi connectivity index (χ1) is 12.1. The molecule has 150 valence electrons.